The molecule has 0 saturated heterocycles. The lowest BCUT2D eigenvalue weighted by Crippen LogP contribution is -2.13. The summed E-state index contributed by atoms with van der Waals surface area (Å²) < 4.78 is 12.6. The maximum absolute atomic E-state index is 12.8. The number of nitrogens with one attached hydrogen (secondary N) is 1. The first-order valence-corrected chi connectivity index (χ1v) is 10.9. The van der Waals surface area contributed by atoms with E-state index >= 15 is 0 Å². The number of hydrogen-bond acceptors (Lipinski definition) is 3. The van der Waals surface area contributed by atoms with Gasteiger partial charge in [0.2, 0.25) is 0 Å². The van der Waals surface area contributed by atoms with Crippen molar-refractivity contribution in [2.45, 2.75) is 13.5 Å². The molecule has 0 atom stereocenters. The summed E-state index contributed by atoms with van der Waals surface area (Å²) in [6.07, 6.45) is 0. The Morgan fingerprint density at radius 3 is 2.45 bits per heavy atom. The van der Waals surface area contributed by atoms with E-state index in [2.05, 4.69) is 33.4 Å². The van der Waals surface area contributed by atoms with Crippen LogP contribution in [0.1, 0.15) is 22.8 Å². The van der Waals surface area contributed by atoms with E-state index in [4.69, 9.17) is 9.47 Å². The van der Waals surface area contributed by atoms with Gasteiger partial charge in [-0.15, -0.1) is 0 Å². The predicted octanol–water partition coefficient (Wildman–Crippen LogP) is 6.83. The van der Waals surface area contributed by atoms with E-state index in [-0.39, 0.29) is 5.91 Å². The molecule has 0 bridgehead atoms. The van der Waals surface area contributed by atoms with E-state index in [0.717, 1.165) is 32.2 Å². The van der Waals surface area contributed by atoms with Crippen LogP contribution in [-0.2, 0) is 6.61 Å². The van der Waals surface area contributed by atoms with Gasteiger partial charge in [0.1, 0.15) is 18.1 Å². The number of benzene rings is 4. The minimum Gasteiger partial charge on any atom is -0.493 e. The molecular weight excluding hydrogens is 454 g/mol. The molecule has 31 heavy (non-hydrogen) atoms. The van der Waals surface area contributed by atoms with Crippen LogP contribution in [0, 0.1) is 0 Å². The maximum atomic E-state index is 12.8. The lowest BCUT2D eigenvalue weighted by atomic mass is 10.1. The Labute approximate surface area is 189 Å². The molecule has 0 radical (unpaired) electrons. The second-order valence-corrected chi connectivity index (χ2v) is 7.84. The zero-order valence-electron chi connectivity index (χ0n) is 17.1. The number of ether oxygens (including phenoxy) is 2. The number of hydrogen-bond donors (Lipinski definition) is 1. The highest BCUT2D eigenvalue weighted by molar-refractivity contribution is 9.10. The lowest BCUT2D eigenvalue weighted by Gasteiger charge is -2.14. The topological polar surface area (TPSA) is 47.6 Å². The summed E-state index contributed by atoms with van der Waals surface area (Å²) in [5, 5.41) is 5.21. The van der Waals surface area contributed by atoms with Crippen LogP contribution in [0.25, 0.3) is 10.8 Å². The number of anilines is 1. The molecular formula is C26H22BrNO3. The summed E-state index contributed by atoms with van der Waals surface area (Å²) in [7, 11) is 0. The highest BCUT2D eigenvalue weighted by Crippen LogP contribution is 2.26. The number of halogens is 1. The van der Waals surface area contributed by atoms with Crippen molar-refractivity contribution in [1.82, 2.24) is 0 Å². The van der Waals surface area contributed by atoms with Crippen molar-refractivity contribution in [2.75, 3.05) is 11.9 Å². The Kier molecular flexibility index (Phi) is 6.53. The van der Waals surface area contributed by atoms with Crippen LogP contribution in [0.15, 0.2) is 89.4 Å². The van der Waals surface area contributed by atoms with Crippen LogP contribution < -0.4 is 14.8 Å². The molecule has 5 heteroatoms. The van der Waals surface area contributed by atoms with Gasteiger partial charge in [-0.25, -0.2) is 0 Å². The van der Waals surface area contributed by atoms with Crippen LogP contribution in [-0.4, -0.2) is 12.5 Å². The summed E-state index contributed by atoms with van der Waals surface area (Å²) in [5.74, 6) is 1.28. The molecule has 4 rings (SSSR count). The van der Waals surface area contributed by atoms with Gasteiger partial charge in [-0.1, -0.05) is 42.5 Å². The third kappa shape index (κ3) is 5.06. The van der Waals surface area contributed by atoms with E-state index in [1.807, 2.05) is 73.7 Å². The molecule has 4 aromatic rings. The first kappa shape index (κ1) is 20.9. The monoisotopic (exact) mass is 475 g/mol. The summed E-state index contributed by atoms with van der Waals surface area (Å²) in [5.41, 5.74) is 2.07. The smallest absolute Gasteiger partial charge is 0.255 e. The predicted molar refractivity (Wildman–Crippen MR) is 128 cm³/mol. The van der Waals surface area contributed by atoms with E-state index in [9.17, 15) is 4.79 Å². The average Bonchev–Trinajstić information content (AvgIpc) is 2.80. The van der Waals surface area contributed by atoms with Gasteiger partial charge in [-0.2, -0.15) is 0 Å². The third-order valence-electron chi connectivity index (χ3n) is 4.86. The van der Waals surface area contributed by atoms with Crippen LogP contribution in [0.2, 0.25) is 0 Å². The van der Waals surface area contributed by atoms with Crippen LogP contribution in [0.3, 0.4) is 0 Å². The first-order chi connectivity index (χ1) is 15.1. The van der Waals surface area contributed by atoms with Gasteiger partial charge in [-0.3, -0.25) is 4.79 Å². The van der Waals surface area contributed by atoms with Gasteiger partial charge in [0.05, 0.1) is 12.3 Å². The molecule has 4 aromatic carbocycles. The third-order valence-corrected chi connectivity index (χ3v) is 5.55. The molecule has 0 aliphatic carbocycles. The molecule has 1 N–H and O–H groups in total. The zero-order chi connectivity index (χ0) is 21.6. The Hall–Kier alpha value is -3.31. The van der Waals surface area contributed by atoms with E-state index in [0.29, 0.717) is 24.5 Å². The standard InChI is InChI=1S/C26H22BrNO3/c1-2-30-25-14-12-20(26(29)28-24-10-6-5-9-23(24)27)15-21(25)17-31-22-13-11-18-7-3-4-8-19(18)16-22/h3-16H,2,17H2,1H3,(H,28,29). The number of rotatable bonds is 7. The summed E-state index contributed by atoms with van der Waals surface area (Å²) in [6.45, 7) is 2.76. The number of carbonyl (C=O) groups excluding carboxylic acids is 1. The molecule has 0 saturated carbocycles. The normalized spacial score (nSPS) is 10.6. The van der Waals surface area contributed by atoms with E-state index < -0.39 is 0 Å². The van der Waals surface area contributed by atoms with Crippen LogP contribution in [0.5, 0.6) is 11.5 Å². The van der Waals surface area contributed by atoms with Crippen LogP contribution in [0.4, 0.5) is 5.69 Å². The summed E-state index contributed by atoms with van der Waals surface area (Å²) >= 11 is 3.46. The zero-order valence-corrected chi connectivity index (χ0v) is 18.7. The SMILES string of the molecule is CCOc1ccc(C(=O)Nc2ccccc2Br)cc1COc1ccc2ccccc2c1. The summed E-state index contributed by atoms with van der Waals surface area (Å²) in [6, 6.07) is 27.1. The first-order valence-electron chi connectivity index (χ1n) is 10.1. The van der Waals surface area contributed by atoms with Gasteiger partial charge >= 0.3 is 0 Å². The van der Waals surface area contributed by atoms with Gasteiger partial charge in [0.15, 0.2) is 0 Å². The highest BCUT2D eigenvalue weighted by atomic mass is 79.9. The maximum Gasteiger partial charge on any atom is 0.255 e. The van der Waals surface area contributed by atoms with Crippen molar-refractivity contribution < 1.29 is 14.3 Å². The Bertz CT molecular complexity index is 1220. The molecule has 0 fully saturated rings. The fraction of sp³-hybridized carbons (Fsp3) is 0.115. The Balaban J connectivity index is 1.54. The van der Waals surface area contributed by atoms with Crippen molar-refractivity contribution >= 4 is 38.3 Å². The van der Waals surface area contributed by atoms with E-state index in [1.54, 1.807) is 6.07 Å². The van der Waals surface area contributed by atoms with Crippen LogP contribution >= 0.6 is 15.9 Å². The van der Waals surface area contributed by atoms with Crippen molar-refractivity contribution in [2.24, 2.45) is 0 Å². The Morgan fingerprint density at radius 1 is 0.871 bits per heavy atom. The molecule has 0 unspecified atom stereocenters. The molecule has 0 aliphatic heterocycles. The van der Waals surface area contributed by atoms with Gasteiger partial charge in [0, 0.05) is 15.6 Å². The van der Waals surface area contributed by atoms with Crippen molar-refractivity contribution in [3.63, 3.8) is 0 Å². The van der Waals surface area contributed by atoms with E-state index in [1.165, 1.54) is 0 Å². The molecule has 156 valence electrons. The van der Waals surface area contributed by atoms with Crippen molar-refractivity contribution in [1.29, 1.82) is 0 Å². The number of para-hydroxylation sites is 1. The highest BCUT2D eigenvalue weighted by Gasteiger charge is 2.13. The molecule has 0 aromatic heterocycles. The molecule has 0 aliphatic rings. The minimum absolute atomic E-state index is 0.193. The second kappa shape index (κ2) is 9.67. The minimum atomic E-state index is -0.193. The number of fused-ring (bicyclic) bond motifs is 1. The van der Waals surface area contributed by atoms with Crippen molar-refractivity contribution in [3.8, 4) is 11.5 Å². The van der Waals surface area contributed by atoms with Gasteiger partial charge in [0.25, 0.3) is 5.91 Å². The fourth-order valence-electron chi connectivity index (χ4n) is 3.31. The lowest BCUT2D eigenvalue weighted by molar-refractivity contribution is 0.102. The second-order valence-electron chi connectivity index (χ2n) is 6.99. The quantitative estimate of drug-likeness (QED) is 0.318. The molecule has 1 amide bonds. The van der Waals surface area contributed by atoms with Gasteiger partial charge in [-0.05, 0) is 76.1 Å². The number of amides is 1. The molecule has 0 heterocycles. The average molecular weight is 476 g/mol. The largest absolute Gasteiger partial charge is 0.493 e. The van der Waals surface area contributed by atoms with Crippen molar-refractivity contribution in [3.05, 3.63) is 101 Å². The molecule has 0 spiro atoms. The molecule has 4 nitrogen and oxygen atoms in total. The Morgan fingerprint density at radius 2 is 1.65 bits per heavy atom. The number of carbonyl (C=O) groups is 1. The summed E-state index contributed by atoms with van der Waals surface area (Å²) in [4.78, 5) is 12.8. The van der Waals surface area contributed by atoms with Gasteiger partial charge < -0.3 is 14.8 Å². The fourth-order valence-corrected chi connectivity index (χ4v) is 3.69.